The van der Waals surface area contributed by atoms with Crippen LogP contribution in [0.3, 0.4) is 0 Å². The van der Waals surface area contributed by atoms with Crippen molar-refractivity contribution in [1.82, 2.24) is 40.7 Å². The first-order valence-electron chi connectivity index (χ1n) is 12.9. The van der Waals surface area contributed by atoms with E-state index in [4.69, 9.17) is 6.85 Å². The summed E-state index contributed by atoms with van der Waals surface area (Å²) < 4.78 is 57.1. The fourth-order valence-corrected chi connectivity index (χ4v) is 4.59. The monoisotopic (exact) mass is 442 g/mol. The van der Waals surface area contributed by atoms with Gasteiger partial charge in [0.1, 0.15) is 11.9 Å². The Bertz CT molecular complexity index is 1340. The molecule has 4 heterocycles. The summed E-state index contributed by atoms with van der Waals surface area (Å²) in [6, 6.07) is 0.797. The molecule has 2 N–H and O–H groups in total. The van der Waals surface area contributed by atoms with Gasteiger partial charge in [-0.3, -0.25) is 0 Å². The number of benzene rings is 1. The van der Waals surface area contributed by atoms with E-state index in [1.165, 1.54) is 17.1 Å². The van der Waals surface area contributed by atoms with E-state index in [1.54, 1.807) is 19.2 Å². The summed E-state index contributed by atoms with van der Waals surface area (Å²) in [4.78, 5) is 6.64. The number of nitrogens with one attached hydrogen (secondary N) is 1. The lowest BCUT2D eigenvalue weighted by Crippen LogP contribution is -2.57. The van der Waals surface area contributed by atoms with Crippen LogP contribution in [0.4, 0.5) is 10.2 Å². The van der Waals surface area contributed by atoms with E-state index < -0.39 is 37.0 Å². The van der Waals surface area contributed by atoms with Gasteiger partial charge in [-0.2, -0.15) is 4.80 Å². The molecular weight excluding hydrogens is 413 g/mol. The normalized spacial score (nSPS) is 33.4. The SMILES string of the molecule is [2H]C1([2H])C([2H])([2H])C1([2H])N(c1cnc(-c2ccc(-c3nnn(C)n3)cc2O)nn1)[C@H]1C[C@H]2CC[C@@H](N2)[C@H]1F. The number of halogens is 1. The number of rotatable bonds is 5. The molecule has 0 unspecified atom stereocenters. The molecule has 3 aliphatic rings. The summed E-state index contributed by atoms with van der Waals surface area (Å²) in [5.74, 6) is 0.0995. The number of phenolic OH excluding ortho intramolecular Hbond substituents is 1. The van der Waals surface area contributed by atoms with Gasteiger partial charge in [-0.15, -0.1) is 20.4 Å². The average Bonchev–Trinajstić information content (AvgIpc) is 3.35. The Kier molecular flexibility index (Phi) is 3.43. The van der Waals surface area contributed by atoms with Crippen LogP contribution in [0.1, 0.15) is 38.9 Å². The van der Waals surface area contributed by atoms with Gasteiger partial charge in [0.05, 0.1) is 26.2 Å². The first kappa shape index (κ1) is 14.8. The van der Waals surface area contributed by atoms with E-state index in [-0.39, 0.29) is 35.4 Å². The number of alkyl halides is 1. The number of anilines is 1. The molecule has 2 aliphatic heterocycles. The lowest BCUT2D eigenvalue weighted by Gasteiger charge is -2.40. The number of fused-ring (bicyclic) bond motifs is 2. The minimum Gasteiger partial charge on any atom is -0.507 e. The molecule has 1 saturated carbocycles. The van der Waals surface area contributed by atoms with Gasteiger partial charge in [-0.25, -0.2) is 9.37 Å². The predicted octanol–water partition coefficient (Wildman–Crippen LogP) is 1.63. The van der Waals surface area contributed by atoms with Crippen molar-refractivity contribution in [3.05, 3.63) is 24.4 Å². The Balaban J connectivity index is 1.35. The maximum absolute atomic E-state index is 15.6. The minimum absolute atomic E-state index is 0.0111. The fourth-order valence-electron chi connectivity index (χ4n) is 4.59. The molecular formula is C21H24FN9O. The Labute approximate surface area is 190 Å². The molecule has 0 spiro atoms. The van der Waals surface area contributed by atoms with Crippen LogP contribution >= 0.6 is 0 Å². The molecule has 2 saturated heterocycles. The maximum atomic E-state index is 15.6. The second kappa shape index (κ2) is 7.44. The molecule has 6 rings (SSSR count). The number of hydrogen-bond donors (Lipinski definition) is 2. The van der Waals surface area contributed by atoms with Gasteiger partial charge in [-0.05, 0) is 49.4 Å². The lowest BCUT2D eigenvalue weighted by molar-refractivity contribution is 0.171. The zero-order chi connectivity index (χ0) is 26.3. The first-order chi connectivity index (χ1) is 17.5. The average molecular weight is 443 g/mol. The number of piperidine rings is 1. The van der Waals surface area contributed by atoms with Gasteiger partial charge < -0.3 is 15.3 Å². The van der Waals surface area contributed by atoms with Crippen molar-refractivity contribution in [3.63, 3.8) is 0 Å². The summed E-state index contributed by atoms with van der Waals surface area (Å²) in [6.07, 6.45) is -3.73. The molecule has 10 nitrogen and oxygen atoms in total. The number of tetrazole rings is 1. The Hall–Kier alpha value is -3.21. The van der Waals surface area contributed by atoms with Crippen molar-refractivity contribution in [2.75, 3.05) is 4.90 Å². The second-order valence-corrected chi connectivity index (χ2v) is 8.24. The number of aromatic nitrogens is 7. The third-order valence-electron chi connectivity index (χ3n) is 6.16. The van der Waals surface area contributed by atoms with Crippen LogP contribution in [0.2, 0.25) is 0 Å². The van der Waals surface area contributed by atoms with Crippen molar-refractivity contribution in [1.29, 1.82) is 0 Å². The Morgan fingerprint density at radius 1 is 1.25 bits per heavy atom. The molecule has 0 radical (unpaired) electrons. The summed E-state index contributed by atoms with van der Waals surface area (Å²) in [5.41, 5.74) is 0.771. The molecule has 11 heteroatoms. The van der Waals surface area contributed by atoms with Crippen molar-refractivity contribution in [2.24, 2.45) is 7.05 Å². The summed E-state index contributed by atoms with van der Waals surface area (Å²) in [7, 11) is 1.62. The van der Waals surface area contributed by atoms with Crippen molar-refractivity contribution >= 4 is 5.82 Å². The van der Waals surface area contributed by atoms with Crippen LogP contribution in [-0.4, -0.2) is 70.8 Å². The molecule has 2 bridgehead atoms. The highest BCUT2D eigenvalue weighted by molar-refractivity contribution is 5.70. The molecule has 2 aromatic heterocycles. The molecule has 0 amide bonds. The number of aryl methyl sites for hydroxylation is 1. The smallest absolute Gasteiger partial charge is 0.205 e. The van der Waals surface area contributed by atoms with Gasteiger partial charge in [0.15, 0.2) is 11.6 Å². The third kappa shape index (κ3) is 3.36. The van der Waals surface area contributed by atoms with Crippen LogP contribution in [0.5, 0.6) is 5.75 Å². The highest BCUT2D eigenvalue weighted by Crippen LogP contribution is 2.40. The molecule has 32 heavy (non-hydrogen) atoms. The van der Waals surface area contributed by atoms with Gasteiger partial charge in [0, 0.05) is 29.1 Å². The number of hydrogen-bond acceptors (Lipinski definition) is 9. The summed E-state index contributed by atoms with van der Waals surface area (Å²) in [6.45, 7) is 0. The molecule has 1 aromatic carbocycles. The first-order valence-corrected chi connectivity index (χ1v) is 10.4. The van der Waals surface area contributed by atoms with Crippen molar-refractivity contribution in [2.45, 2.75) is 62.3 Å². The Morgan fingerprint density at radius 2 is 2.12 bits per heavy atom. The zero-order valence-electron chi connectivity index (χ0n) is 22.1. The van der Waals surface area contributed by atoms with Crippen molar-refractivity contribution in [3.8, 4) is 28.5 Å². The largest absolute Gasteiger partial charge is 0.507 e. The number of aromatic hydroxyl groups is 1. The van der Waals surface area contributed by atoms with Gasteiger partial charge >= 0.3 is 0 Å². The summed E-state index contributed by atoms with van der Waals surface area (Å²) >= 11 is 0. The highest BCUT2D eigenvalue weighted by atomic mass is 19.1. The molecule has 4 atom stereocenters. The standard InChI is InChI=1S/C21H24FN9O/c1-30-28-20(27-29-30)11-2-6-14(17(32)8-11)21-23-10-18(25-26-21)31(13-4-5-13)16-9-12-3-7-15(24-12)19(16)22/h2,6,8,10,12-13,15-16,19,24,32H,3-5,7,9H2,1H3/t12-,15-,16+,19-/m1/s1/i4D2,5D2,13D. The quantitative estimate of drug-likeness (QED) is 0.608. The topological polar surface area (TPSA) is 118 Å². The van der Waals surface area contributed by atoms with Crippen LogP contribution in [0.25, 0.3) is 22.8 Å². The maximum Gasteiger partial charge on any atom is 0.205 e. The zero-order valence-corrected chi connectivity index (χ0v) is 17.1. The van der Waals surface area contributed by atoms with Crippen LogP contribution in [0.15, 0.2) is 24.4 Å². The van der Waals surface area contributed by atoms with Gasteiger partial charge in [0.25, 0.3) is 0 Å². The minimum atomic E-state index is -2.56. The predicted molar refractivity (Wildman–Crippen MR) is 113 cm³/mol. The van der Waals surface area contributed by atoms with Crippen LogP contribution in [-0.2, 0) is 7.05 Å². The van der Waals surface area contributed by atoms with E-state index in [2.05, 4.69) is 35.9 Å². The summed E-state index contributed by atoms with van der Waals surface area (Å²) in [5, 5.41) is 33.7. The van der Waals surface area contributed by atoms with Crippen LogP contribution < -0.4 is 10.2 Å². The van der Waals surface area contributed by atoms with E-state index in [1.807, 2.05) is 0 Å². The van der Waals surface area contributed by atoms with E-state index >= 15 is 4.39 Å². The molecule has 166 valence electrons. The third-order valence-corrected chi connectivity index (χ3v) is 6.16. The van der Waals surface area contributed by atoms with Crippen molar-refractivity contribution < 1.29 is 16.4 Å². The fraction of sp³-hybridized carbons (Fsp3) is 0.524. The molecule has 1 aliphatic carbocycles. The van der Waals surface area contributed by atoms with E-state index in [9.17, 15) is 5.11 Å². The van der Waals surface area contributed by atoms with Crippen LogP contribution in [0, 0.1) is 0 Å². The number of nitrogens with zero attached hydrogens (tertiary/aromatic N) is 8. The van der Waals surface area contributed by atoms with Gasteiger partial charge in [0.2, 0.25) is 5.82 Å². The van der Waals surface area contributed by atoms with E-state index in [0.717, 1.165) is 11.3 Å². The highest BCUT2D eigenvalue weighted by Gasteiger charge is 2.48. The molecule has 3 fully saturated rings. The Morgan fingerprint density at radius 3 is 2.81 bits per heavy atom. The second-order valence-electron chi connectivity index (χ2n) is 8.24. The lowest BCUT2D eigenvalue weighted by atomic mass is 9.96. The van der Waals surface area contributed by atoms with Gasteiger partial charge in [-0.1, -0.05) is 6.07 Å². The van der Waals surface area contributed by atoms with E-state index in [0.29, 0.717) is 17.8 Å². The molecule has 3 aromatic rings. The number of phenols is 1.